The van der Waals surface area contributed by atoms with Gasteiger partial charge in [0.1, 0.15) is 18.4 Å². The highest BCUT2D eigenvalue weighted by atomic mass is 16.5. The quantitative estimate of drug-likeness (QED) is 0.134. The molecule has 15 heteroatoms. The second-order valence-corrected chi connectivity index (χ2v) is 10.1. The van der Waals surface area contributed by atoms with Crippen LogP contribution in [0.5, 0.6) is 5.75 Å². The van der Waals surface area contributed by atoms with Crippen LogP contribution in [0.25, 0.3) is 22.2 Å². The summed E-state index contributed by atoms with van der Waals surface area (Å²) < 4.78 is 8.00. The molecule has 0 aliphatic carbocycles. The van der Waals surface area contributed by atoms with Gasteiger partial charge in [0.25, 0.3) is 0 Å². The van der Waals surface area contributed by atoms with E-state index in [0.717, 1.165) is 58.8 Å². The number of ether oxygens (including phenoxy) is 1. The molecule has 0 saturated carbocycles. The summed E-state index contributed by atoms with van der Waals surface area (Å²) in [7, 11) is 4.21. The van der Waals surface area contributed by atoms with Crippen LogP contribution in [0.3, 0.4) is 0 Å². The Kier molecular flexibility index (Phi) is 7.98. The number of nitriles is 1. The van der Waals surface area contributed by atoms with Gasteiger partial charge in [0, 0.05) is 42.0 Å². The molecule has 0 radical (unpaired) electrons. The summed E-state index contributed by atoms with van der Waals surface area (Å²) in [5.41, 5.74) is 24.9. The minimum atomic E-state index is 0.416. The lowest BCUT2D eigenvalue weighted by molar-refractivity contribution is 0.247. The van der Waals surface area contributed by atoms with Crippen LogP contribution in [0.15, 0.2) is 63.6 Å². The van der Waals surface area contributed by atoms with Crippen molar-refractivity contribution in [1.29, 1.82) is 16.3 Å². The second-order valence-electron chi connectivity index (χ2n) is 10.1. The molecule has 2 aliphatic rings. The van der Waals surface area contributed by atoms with Crippen molar-refractivity contribution < 1.29 is 4.74 Å². The zero-order chi connectivity index (χ0) is 29.8. The molecular formula is C27H30N14O. The van der Waals surface area contributed by atoms with E-state index < -0.39 is 0 Å². The number of nitrogens with zero attached hydrogens (tertiary/aromatic N) is 10. The van der Waals surface area contributed by atoms with Crippen molar-refractivity contribution in [1.82, 2.24) is 19.4 Å². The van der Waals surface area contributed by atoms with Crippen molar-refractivity contribution in [2.75, 3.05) is 49.7 Å². The topological polar surface area (TPSA) is 205 Å². The van der Waals surface area contributed by atoms with E-state index in [1.165, 1.54) is 0 Å². The summed E-state index contributed by atoms with van der Waals surface area (Å²) in [4.78, 5) is 13.7. The van der Waals surface area contributed by atoms with Gasteiger partial charge in [0.2, 0.25) is 5.95 Å². The minimum absolute atomic E-state index is 0.416. The van der Waals surface area contributed by atoms with Crippen molar-refractivity contribution >= 4 is 33.9 Å². The predicted molar refractivity (Wildman–Crippen MR) is 157 cm³/mol. The van der Waals surface area contributed by atoms with E-state index in [1.54, 1.807) is 6.20 Å². The van der Waals surface area contributed by atoms with Crippen LogP contribution in [0.4, 0.5) is 23.0 Å². The summed E-state index contributed by atoms with van der Waals surface area (Å²) in [6, 6.07) is 12.8. The first-order valence-electron chi connectivity index (χ1n) is 13.1. The fourth-order valence-corrected chi connectivity index (χ4v) is 5.05. The Morgan fingerprint density at radius 2 is 1.95 bits per heavy atom. The van der Waals surface area contributed by atoms with Gasteiger partial charge in [-0.25, -0.2) is 9.97 Å². The van der Waals surface area contributed by atoms with E-state index in [4.69, 9.17) is 26.5 Å². The third-order valence-electron chi connectivity index (χ3n) is 7.30. The Morgan fingerprint density at radius 3 is 2.64 bits per heavy atom. The van der Waals surface area contributed by atoms with Gasteiger partial charge in [0.05, 0.1) is 40.9 Å². The van der Waals surface area contributed by atoms with E-state index in [2.05, 4.69) is 78.0 Å². The van der Waals surface area contributed by atoms with Crippen molar-refractivity contribution in [2.24, 2.45) is 20.9 Å². The number of benzene rings is 2. The van der Waals surface area contributed by atoms with E-state index in [9.17, 15) is 5.26 Å². The maximum atomic E-state index is 9.80. The summed E-state index contributed by atoms with van der Waals surface area (Å²) in [6.45, 7) is 5.34. The molecule has 42 heavy (non-hydrogen) atoms. The van der Waals surface area contributed by atoms with E-state index in [0.29, 0.717) is 35.5 Å². The number of hydrogen-bond acceptors (Lipinski definition) is 10. The van der Waals surface area contributed by atoms with Gasteiger partial charge < -0.3 is 30.2 Å². The number of para-hydroxylation sites is 1. The summed E-state index contributed by atoms with van der Waals surface area (Å²) >= 11 is 0. The highest BCUT2D eigenvalue weighted by Crippen LogP contribution is 2.38. The number of hydrogen-bond donors (Lipinski definition) is 4. The lowest BCUT2D eigenvalue weighted by Crippen LogP contribution is -2.57. The number of aromatic nitrogens is 3. The summed E-state index contributed by atoms with van der Waals surface area (Å²) in [5.74, 6) is 1.26. The first-order valence-corrected chi connectivity index (χ1v) is 13.1. The second kappa shape index (κ2) is 11.9. The molecule has 2 aromatic carbocycles. The average molecular weight is 567 g/mol. The van der Waals surface area contributed by atoms with Crippen LogP contribution in [0, 0.1) is 29.3 Å². The fourth-order valence-electron chi connectivity index (χ4n) is 5.05. The molecule has 0 unspecified atom stereocenters. The molecule has 6 rings (SSSR count). The Labute approximate surface area is 241 Å². The molecule has 1 fully saturated rings. The summed E-state index contributed by atoms with van der Waals surface area (Å²) in [5, 5.41) is 24.3. The van der Waals surface area contributed by atoms with Gasteiger partial charge in [-0.3, -0.25) is 0 Å². The van der Waals surface area contributed by atoms with E-state index >= 15 is 0 Å². The Hall–Kier alpha value is -5.49. The lowest BCUT2D eigenvalue weighted by atomic mass is 10.0. The lowest BCUT2D eigenvalue weighted by Gasteiger charge is -2.44. The normalized spacial score (nSPS) is 14.1. The van der Waals surface area contributed by atoms with Crippen LogP contribution in [-0.4, -0.2) is 59.3 Å². The van der Waals surface area contributed by atoms with Gasteiger partial charge in [-0.1, -0.05) is 12.1 Å². The van der Waals surface area contributed by atoms with Gasteiger partial charge in [0.15, 0.2) is 0 Å². The highest BCUT2D eigenvalue weighted by Gasteiger charge is 2.30. The van der Waals surface area contributed by atoms with Crippen LogP contribution >= 0.6 is 0 Å². The van der Waals surface area contributed by atoms with Crippen molar-refractivity contribution in [3.8, 4) is 23.1 Å². The molecule has 2 aliphatic heterocycles. The standard InChI is InChI=1S/C27H28N8O.H2N6/c1-16-9-23(35-13-18(14-35)33(2)3)21(29)10-22(16)31-27-30-12-17(11-28)25(32-27)20-15-34-7-8-36-24-6-4-5-19(20)26(24)34;1-3-5-6-4-2/h4-6,9-10,12,15,18H,7-8,13-14,29H2,1-3H3,(H,30,31,32);1-2H/b;3-1?,4-2?,6-5+. The molecular weight excluding hydrogens is 536 g/mol. The Morgan fingerprint density at radius 1 is 1.19 bits per heavy atom. The maximum Gasteiger partial charge on any atom is 0.227 e. The molecule has 2 aromatic heterocycles. The number of aryl methyl sites for hydroxylation is 1. The molecule has 4 heterocycles. The molecule has 1 saturated heterocycles. The number of nitrogen functional groups attached to an aromatic ring is 1. The zero-order valence-corrected chi connectivity index (χ0v) is 23.4. The fraction of sp³-hybridized carbons (Fsp3) is 0.296. The Bertz CT molecular complexity index is 1700. The molecule has 15 nitrogen and oxygen atoms in total. The van der Waals surface area contributed by atoms with Crippen LogP contribution in [-0.2, 0) is 6.54 Å². The molecule has 4 aromatic rings. The summed E-state index contributed by atoms with van der Waals surface area (Å²) in [6.07, 6.45) is 3.62. The van der Waals surface area contributed by atoms with Gasteiger partial charge in [-0.15, -0.1) is 0 Å². The highest BCUT2D eigenvalue weighted by molar-refractivity contribution is 5.99. The van der Waals surface area contributed by atoms with Crippen molar-refractivity contribution in [3.05, 3.63) is 53.9 Å². The SMILES string of the molecule is Cc1cc(N2CC(N(C)C)C2)c(N)cc1Nc1ncc(C#N)c(-c2cn3c4c(cccc24)OCC3)n1.N=N/N=N/N=N. The smallest absolute Gasteiger partial charge is 0.227 e. The molecule has 0 amide bonds. The zero-order valence-electron chi connectivity index (χ0n) is 23.4. The van der Waals surface area contributed by atoms with Crippen molar-refractivity contribution in [3.63, 3.8) is 0 Å². The largest absolute Gasteiger partial charge is 0.490 e. The van der Waals surface area contributed by atoms with Gasteiger partial charge >= 0.3 is 0 Å². The maximum absolute atomic E-state index is 9.80. The van der Waals surface area contributed by atoms with Gasteiger partial charge in [-0.05, 0) is 65.7 Å². The number of rotatable bonds is 7. The number of anilines is 4. The van der Waals surface area contributed by atoms with Crippen molar-refractivity contribution in [2.45, 2.75) is 19.5 Å². The van der Waals surface area contributed by atoms with Crippen LogP contribution in [0.1, 0.15) is 11.1 Å². The predicted octanol–water partition coefficient (Wildman–Crippen LogP) is 5.08. The average Bonchev–Trinajstić information content (AvgIpc) is 3.34. The first-order chi connectivity index (χ1) is 20.3. The molecule has 214 valence electrons. The van der Waals surface area contributed by atoms with Crippen LogP contribution < -0.4 is 20.7 Å². The first kappa shape index (κ1) is 28.1. The number of likely N-dealkylation sites (N-methyl/N-ethyl adjacent to an activating group) is 1. The molecule has 0 atom stereocenters. The molecule has 0 spiro atoms. The third-order valence-corrected chi connectivity index (χ3v) is 7.30. The van der Waals surface area contributed by atoms with E-state index in [1.807, 2.05) is 31.2 Å². The van der Waals surface area contributed by atoms with Gasteiger partial charge in [-0.2, -0.15) is 16.3 Å². The van der Waals surface area contributed by atoms with Crippen LogP contribution in [0.2, 0.25) is 0 Å². The molecule has 5 N–H and O–H groups in total. The number of nitrogens with one attached hydrogen (secondary N) is 3. The van der Waals surface area contributed by atoms with E-state index in [-0.39, 0.29) is 0 Å². The third kappa shape index (κ3) is 5.43. The molecule has 0 bridgehead atoms. The monoisotopic (exact) mass is 566 g/mol. The number of nitrogens with two attached hydrogens (primary N) is 1. The minimum Gasteiger partial charge on any atom is -0.490 e. The Balaban J connectivity index is 0.000000535.